The maximum absolute atomic E-state index is 12.6. The van der Waals surface area contributed by atoms with Gasteiger partial charge in [-0.25, -0.2) is 9.79 Å². The van der Waals surface area contributed by atoms with Crippen LogP contribution < -0.4 is 0 Å². The Morgan fingerprint density at radius 3 is 2.73 bits per heavy atom. The second kappa shape index (κ2) is 4.98. The largest absolute Gasteiger partial charge is 0.469 e. The number of hydrogen-bond donors (Lipinski definition) is 0. The van der Waals surface area contributed by atoms with Crippen molar-refractivity contribution in [2.24, 2.45) is 4.99 Å². The Morgan fingerprint density at radius 1 is 1.09 bits per heavy atom. The van der Waals surface area contributed by atoms with Crippen LogP contribution in [0, 0.1) is 0 Å². The van der Waals surface area contributed by atoms with Gasteiger partial charge >= 0.3 is 5.97 Å². The molecule has 2 heterocycles. The highest BCUT2D eigenvalue weighted by molar-refractivity contribution is 6.08. The monoisotopic (exact) mass is 293 g/mol. The first-order chi connectivity index (χ1) is 10.8. The van der Waals surface area contributed by atoms with Gasteiger partial charge in [0.25, 0.3) is 0 Å². The van der Waals surface area contributed by atoms with E-state index in [-0.39, 0.29) is 11.9 Å². The second-order valence-corrected chi connectivity index (χ2v) is 5.58. The number of ether oxygens (including phenoxy) is 1. The van der Waals surface area contributed by atoms with Crippen molar-refractivity contribution in [3.8, 4) is 0 Å². The van der Waals surface area contributed by atoms with Gasteiger partial charge in [0.05, 0.1) is 12.2 Å². The van der Waals surface area contributed by atoms with Gasteiger partial charge in [-0.3, -0.25) is 0 Å². The van der Waals surface area contributed by atoms with E-state index in [0.717, 1.165) is 11.3 Å². The van der Waals surface area contributed by atoms with Gasteiger partial charge in [0.1, 0.15) is 5.76 Å². The summed E-state index contributed by atoms with van der Waals surface area (Å²) in [6.07, 6.45) is 6.95. The van der Waals surface area contributed by atoms with Gasteiger partial charge in [0, 0.05) is 12.0 Å². The molecule has 22 heavy (non-hydrogen) atoms. The van der Waals surface area contributed by atoms with Crippen molar-refractivity contribution in [2.45, 2.75) is 24.3 Å². The van der Waals surface area contributed by atoms with Gasteiger partial charge in [-0.1, -0.05) is 30.4 Å². The van der Waals surface area contributed by atoms with Crippen LogP contribution >= 0.6 is 0 Å². The lowest BCUT2D eigenvalue weighted by Gasteiger charge is -2.31. The smallest absolute Gasteiger partial charge is 0.342 e. The number of aliphatic imine (C=N–C) groups is 1. The van der Waals surface area contributed by atoms with Gasteiger partial charge in [-0.05, 0) is 30.7 Å². The van der Waals surface area contributed by atoms with Gasteiger partial charge in [-0.2, -0.15) is 0 Å². The average molecular weight is 293 g/mol. The number of hydrogen-bond acceptors (Lipinski definition) is 4. The first-order valence-corrected chi connectivity index (χ1v) is 7.35. The average Bonchev–Trinajstić information content (AvgIpc) is 3.19. The van der Waals surface area contributed by atoms with Crippen LogP contribution in [-0.4, -0.2) is 17.4 Å². The zero-order valence-electron chi connectivity index (χ0n) is 11.9. The van der Waals surface area contributed by atoms with Gasteiger partial charge in [0.15, 0.2) is 5.54 Å². The quantitative estimate of drug-likeness (QED) is 0.629. The molecular weight excluding hydrogens is 278 g/mol. The van der Waals surface area contributed by atoms with Crippen LogP contribution in [-0.2, 0) is 9.53 Å². The van der Waals surface area contributed by atoms with Gasteiger partial charge in [0.2, 0.25) is 5.90 Å². The zero-order chi connectivity index (χ0) is 15.0. The Hall–Kier alpha value is -2.62. The van der Waals surface area contributed by atoms with E-state index in [9.17, 15) is 4.79 Å². The molecule has 1 aliphatic carbocycles. The Balaban J connectivity index is 1.79. The summed E-state index contributed by atoms with van der Waals surface area (Å²) in [4.78, 5) is 17.3. The summed E-state index contributed by atoms with van der Waals surface area (Å²) >= 11 is 0. The number of carbonyl (C=O) groups excluding carboxylic acids is 1. The van der Waals surface area contributed by atoms with Crippen molar-refractivity contribution in [3.05, 3.63) is 72.2 Å². The van der Waals surface area contributed by atoms with Crippen LogP contribution in [0.25, 0.3) is 0 Å². The Bertz CT molecular complexity index is 746. The highest BCUT2D eigenvalue weighted by Gasteiger charge is 2.53. The number of esters is 1. The second-order valence-electron chi connectivity index (χ2n) is 5.58. The molecule has 2 atom stereocenters. The summed E-state index contributed by atoms with van der Waals surface area (Å²) in [5.41, 5.74) is -0.0851. The molecular formula is C18H15NO3. The summed E-state index contributed by atoms with van der Waals surface area (Å²) in [6, 6.07) is 13.3. The minimum absolute atomic E-state index is 0.124. The maximum atomic E-state index is 12.6. The van der Waals surface area contributed by atoms with Crippen molar-refractivity contribution in [1.29, 1.82) is 0 Å². The SMILES string of the molecule is O=C1OC(c2ccccc2)=N[C@@]12CC=CC[C@@H]2c1ccco1. The number of allylic oxidation sites excluding steroid dienone is 1. The number of furan rings is 1. The summed E-state index contributed by atoms with van der Waals surface area (Å²) in [5.74, 6) is 0.759. The molecule has 0 bridgehead atoms. The molecule has 2 aliphatic rings. The van der Waals surface area contributed by atoms with Crippen LogP contribution in [0.4, 0.5) is 0 Å². The Labute approximate surface area is 128 Å². The van der Waals surface area contributed by atoms with E-state index >= 15 is 0 Å². The molecule has 110 valence electrons. The van der Waals surface area contributed by atoms with Crippen molar-refractivity contribution in [1.82, 2.24) is 0 Å². The van der Waals surface area contributed by atoms with E-state index in [4.69, 9.17) is 14.1 Å². The molecule has 0 radical (unpaired) electrons. The molecule has 4 nitrogen and oxygen atoms in total. The molecule has 1 aromatic carbocycles. The minimum Gasteiger partial charge on any atom is -0.469 e. The van der Waals surface area contributed by atoms with Crippen LogP contribution in [0.3, 0.4) is 0 Å². The molecule has 4 rings (SSSR count). The lowest BCUT2D eigenvalue weighted by Crippen LogP contribution is -2.41. The van der Waals surface area contributed by atoms with Crippen LogP contribution in [0.1, 0.15) is 30.1 Å². The topological polar surface area (TPSA) is 51.8 Å². The molecule has 1 spiro atoms. The molecule has 0 fully saturated rings. The molecule has 4 heteroatoms. The number of carbonyl (C=O) groups is 1. The molecule has 1 aromatic heterocycles. The van der Waals surface area contributed by atoms with Gasteiger partial charge in [-0.15, -0.1) is 0 Å². The van der Waals surface area contributed by atoms with E-state index in [1.54, 1.807) is 6.26 Å². The van der Waals surface area contributed by atoms with Gasteiger partial charge < -0.3 is 9.15 Å². The lowest BCUT2D eigenvalue weighted by molar-refractivity contribution is -0.140. The number of cyclic esters (lactones) is 1. The normalized spacial score (nSPS) is 27.0. The third kappa shape index (κ3) is 1.91. The summed E-state index contributed by atoms with van der Waals surface area (Å²) in [7, 11) is 0. The highest BCUT2D eigenvalue weighted by atomic mass is 16.6. The predicted octanol–water partition coefficient (Wildman–Crippen LogP) is 3.46. The van der Waals surface area contributed by atoms with E-state index < -0.39 is 5.54 Å². The molecule has 1 aliphatic heterocycles. The first kappa shape index (κ1) is 13.1. The predicted molar refractivity (Wildman–Crippen MR) is 81.6 cm³/mol. The molecule has 0 saturated carbocycles. The summed E-state index contributed by atoms with van der Waals surface area (Å²) < 4.78 is 11.0. The third-order valence-corrected chi connectivity index (χ3v) is 4.30. The van der Waals surface area contributed by atoms with Crippen molar-refractivity contribution < 1.29 is 13.9 Å². The standard InChI is InChI=1S/C18H15NO3/c20-17-18(19-16(22-17)13-7-2-1-3-8-13)11-5-4-9-14(18)15-10-6-12-21-15/h1-8,10,12,14H,9,11H2/t14-,18-/m1/s1. The van der Waals surface area contributed by atoms with Crippen molar-refractivity contribution in [3.63, 3.8) is 0 Å². The number of benzene rings is 1. The van der Waals surface area contributed by atoms with E-state index in [0.29, 0.717) is 18.7 Å². The minimum atomic E-state index is -0.905. The maximum Gasteiger partial charge on any atom is 0.342 e. The lowest BCUT2D eigenvalue weighted by atomic mass is 9.75. The van der Waals surface area contributed by atoms with Crippen molar-refractivity contribution >= 4 is 11.9 Å². The molecule has 0 amide bonds. The van der Waals surface area contributed by atoms with Crippen LogP contribution in [0.2, 0.25) is 0 Å². The molecule has 0 N–H and O–H groups in total. The van der Waals surface area contributed by atoms with Crippen LogP contribution in [0.5, 0.6) is 0 Å². The van der Waals surface area contributed by atoms with Crippen molar-refractivity contribution in [2.75, 3.05) is 0 Å². The molecule has 0 unspecified atom stereocenters. The van der Waals surface area contributed by atoms with E-state index in [2.05, 4.69) is 6.08 Å². The number of nitrogens with zero attached hydrogens (tertiary/aromatic N) is 1. The summed E-state index contributed by atoms with van der Waals surface area (Å²) in [6.45, 7) is 0. The highest BCUT2D eigenvalue weighted by Crippen LogP contribution is 2.44. The van der Waals surface area contributed by atoms with E-state index in [1.165, 1.54) is 0 Å². The van der Waals surface area contributed by atoms with E-state index in [1.807, 2.05) is 48.5 Å². The Morgan fingerprint density at radius 2 is 1.95 bits per heavy atom. The fourth-order valence-corrected chi connectivity index (χ4v) is 3.15. The summed E-state index contributed by atoms with van der Waals surface area (Å²) in [5, 5.41) is 0. The fraction of sp³-hybridized carbons (Fsp3) is 0.222. The molecule has 2 aromatic rings. The first-order valence-electron chi connectivity index (χ1n) is 7.35. The zero-order valence-corrected chi connectivity index (χ0v) is 11.9. The Kier molecular flexibility index (Phi) is 2.96. The third-order valence-electron chi connectivity index (χ3n) is 4.30. The number of rotatable bonds is 2. The fourth-order valence-electron chi connectivity index (χ4n) is 3.15. The van der Waals surface area contributed by atoms with Crippen LogP contribution in [0.15, 0.2) is 70.3 Å². The molecule has 0 saturated heterocycles.